The Kier molecular flexibility index (Phi) is 6.31. The highest BCUT2D eigenvalue weighted by atomic mass is 32.1. The molecule has 1 aromatic rings. The SMILES string of the molecule is COC1CCN(C2CCN(C(=O)CCc3sccc3C)CC2)CC1. The van der Waals surface area contributed by atoms with E-state index in [2.05, 4.69) is 28.2 Å². The largest absolute Gasteiger partial charge is 0.381 e. The molecule has 0 atom stereocenters. The zero-order valence-corrected chi connectivity index (χ0v) is 15.8. The zero-order chi connectivity index (χ0) is 16.9. The number of carbonyl (C=O) groups excluding carboxylic acids is 1. The fourth-order valence-electron chi connectivity index (χ4n) is 4.00. The molecule has 2 saturated heterocycles. The van der Waals surface area contributed by atoms with Crippen molar-refractivity contribution in [3.63, 3.8) is 0 Å². The maximum atomic E-state index is 12.5. The first-order valence-corrected chi connectivity index (χ1v) is 10.1. The van der Waals surface area contributed by atoms with Crippen LogP contribution in [0.5, 0.6) is 0 Å². The molecular formula is C19H30N2O2S. The van der Waals surface area contributed by atoms with Crippen molar-refractivity contribution in [1.82, 2.24) is 9.80 Å². The Morgan fingerprint density at radius 2 is 1.92 bits per heavy atom. The Bertz CT molecular complexity index is 529. The van der Waals surface area contributed by atoms with Crippen molar-refractivity contribution in [3.05, 3.63) is 21.9 Å². The minimum absolute atomic E-state index is 0.333. The third-order valence-electron chi connectivity index (χ3n) is 5.68. The molecule has 0 N–H and O–H groups in total. The average molecular weight is 351 g/mol. The van der Waals surface area contributed by atoms with E-state index in [1.54, 1.807) is 11.3 Å². The summed E-state index contributed by atoms with van der Waals surface area (Å²) in [5, 5.41) is 2.12. The number of ether oxygens (including phenoxy) is 1. The van der Waals surface area contributed by atoms with Crippen LogP contribution in [0.4, 0.5) is 0 Å². The fraction of sp³-hybridized carbons (Fsp3) is 0.737. The van der Waals surface area contributed by atoms with Gasteiger partial charge in [0.15, 0.2) is 0 Å². The first kappa shape index (κ1) is 17.9. The van der Waals surface area contributed by atoms with Crippen molar-refractivity contribution in [3.8, 4) is 0 Å². The smallest absolute Gasteiger partial charge is 0.222 e. The molecule has 1 amide bonds. The summed E-state index contributed by atoms with van der Waals surface area (Å²) in [6, 6.07) is 2.80. The molecule has 0 bridgehead atoms. The molecule has 2 aliphatic heterocycles. The molecule has 2 fully saturated rings. The maximum absolute atomic E-state index is 12.5. The highest BCUT2D eigenvalue weighted by Gasteiger charge is 2.29. The number of thiophene rings is 1. The summed E-state index contributed by atoms with van der Waals surface area (Å²) in [4.78, 5) is 18.5. The molecule has 0 unspecified atom stereocenters. The van der Waals surface area contributed by atoms with E-state index in [-0.39, 0.29) is 0 Å². The number of aryl methyl sites for hydroxylation is 2. The number of amides is 1. The summed E-state index contributed by atoms with van der Waals surface area (Å²) in [6.45, 7) is 6.28. The maximum Gasteiger partial charge on any atom is 0.222 e. The molecule has 1 aromatic heterocycles. The first-order valence-electron chi connectivity index (χ1n) is 9.25. The topological polar surface area (TPSA) is 32.8 Å². The van der Waals surface area contributed by atoms with Crippen molar-refractivity contribution in [2.24, 2.45) is 0 Å². The standard InChI is InChI=1S/C19H30N2O2S/c1-15-9-14-24-18(15)3-4-19(22)21-10-5-16(6-11-21)20-12-7-17(23-2)8-13-20/h9,14,16-17H,3-8,10-13H2,1-2H3. The lowest BCUT2D eigenvalue weighted by Gasteiger charge is -2.41. The number of piperidine rings is 2. The molecule has 3 heterocycles. The number of methoxy groups -OCH3 is 1. The van der Waals surface area contributed by atoms with E-state index in [1.165, 1.54) is 10.4 Å². The van der Waals surface area contributed by atoms with Crippen LogP contribution in [0.2, 0.25) is 0 Å². The van der Waals surface area contributed by atoms with Crippen LogP contribution in [-0.4, -0.2) is 61.1 Å². The van der Waals surface area contributed by atoms with Crippen molar-refractivity contribution in [2.45, 2.75) is 57.6 Å². The van der Waals surface area contributed by atoms with Crippen LogP contribution in [0.25, 0.3) is 0 Å². The number of hydrogen-bond acceptors (Lipinski definition) is 4. The lowest BCUT2D eigenvalue weighted by molar-refractivity contribution is -0.132. The summed E-state index contributed by atoms with van der Waals surface area (Å²) >= 11 is 1.77. The Morgan fingerprint density at radius 1 is 1.21 bits per heavy atom. The van der Waals surface area contributed by atoms with Gasteiger partial charge in [-0.25, -0.2) is 0 Å². The minimum atomic E-state index is 0.333. The van der Waals surface area contributed by atoms with Gasteiger partial charge in [0, 0.05) is 50.6 Å². The molecule has 2 aliphatic rings. The molecule has 134 valence electrons. The number of carbonyl (C=O) groups is 1. The van der Waals surface area contributed by atoms with Gasteiger partial charge >= 0.3 is 0 Å². The summed E-state index contributed by atoms with van der Waals surface area (Å²) in [6.07, 6.45) is 6.55. The molecule has 3 rings (SSSR count). The van der Waals surface area contributed by atoms with Crippen molar-refractivity contribution >= 4 is 17.2 Å². The summed E-state index contributed by atoms with van der Waals surface area (Å²) in [5.41, 5.74) is 1.32. The lowest BCUT2D eigenvalue weighted by atomic mass is 9.98. The highest BCUT2D eigenvalue weighted by molar-refractivity contribution is 7.10. The van der Waals surface area contributed by atoms with Crippen molar-refractivity contribution in [1.29, 1.82) is 0 Å². The second kappa shape index (κ2) is 8.45. The quantitative estimate of drug-likeness (QED) is 0.818. The second-order valence-corrected chi connectivity index (χ2v) is 8.11. The third-order valence-corrected chi connectivity index (χ3v) is 6.76. The van der Waals surface area contributed by atoms with Gasteiger partial charge in [-0.2, -0.15) is 0 Å². The number of hydrogen-bond donors (Lipinski definition) is 0. The fourth-order valence-corrected chi connectivity index (χ4v) is 4.91. The Hall–Kier alpha value is -0.910. The van der Waals surface area contributed by atoms with Crippen LogP contribution in [0, 0.1) is 6.92 Å². The van der Waals surface area contributed by atoms with Gasteiger partial charge in [-0.15, -0.1) is 11.3 Å². The molecule has 0 radical (unpaired) electrons. The van der Waals surface area contributed by atoms with E-state index >= 15 is 0 Å². The molecule has 0 spiro atoms. The molecule has 24 heavy (non-hydrogen) atoms. The van der Waals surface area contributed by atoms with Gasteiger partial charge in [-0.1, -0.05) is 0 Å². The number of rotatable bonds is 5. The molecule has 0 aliphatic carbocycles. The Morgan fingerprint density at radius 3 is 2.50 bits per heavy atom. The molecular weight excluding hydrogens is 320 g/mol. The first-order chi connectivity index (χ1) is 11.7. The molecule has 0 saturated carbocycles. The van der Waals surface area contributed by atoms with Gasteiger partial charge in [0.2, 0.25) is 5.91 Å². The van der Waals surface area contributed by atoms with Crippen LogP contribution in [0.3, 0.4) is 0 Å². The van der Waals surface area contributed by atoms with Crippen LogP contribution in [-0.2, 0) is 16.0 Å². The van der Waals surface area contributed by atoms with Gasteiger partial charge in [-0.3, -0.25) is 4.79 Å². The predicted molar refractivity (Wildman–Crippen MR) is 98.6 cm³/mol. The van der Waals surface area contributed by atoms with Crippen LogP contribution < -0.4 is 0 Å². The van der Waals surface area contributed by atoms with Gasteiger partial charge in [-0.05, 0) is 56.0 Å². The van der Waals surface area contributed by atoms with Crippen LogP contribution in [0.15, 0.2) is 11.4 Å². The monoisotopic (exact) mass is 350 g/mol. The minimum Gasteiger partial charge on any atom is -0.381 e. The molecule has 4 nitrogen and oxygen atoms in total. The van der Waals surface area contributed by atoms with E-state index < -0.39 is 0 Å². The lowest BCUT2D eigenvalue weighted by Crippen LogP contribution is -2.49. The Labute approximate surface area is 149 Å². The van der Waals surface area contributed by atoms with E-state index in [0.29, 0.717) is 24.5 Å². The normalized spacial score (nSPS) is 21.3. The molecule has 5 heteroatoms. The van der Waals surface area contributed by atoms with Crippen LogP contribution >= 0.6 is 11.3 Å². The van der Waals surface area contributed by atoms with E-state index in [4.69, 9.17) is 4.74 Å². The summed E-state index contributed by atoms with van der Waals surface area (Å²) < 4.78 is 5.46. The van der Waals surface area contributed by atoms with Gasteiger partial charge in [0.25, 0.3) is 0 Å². The van der Waals surface area contributed by atoms with Crippen molar-refractivity contribution in [2.75, 3.05) is 33.3 Å². The number of nitrogens with zero attached hydrogens (tertiary/aromatic N) is 2. The van der Waals surface area contributed by atoms with E-state index in [0.717, 1.165) is 58.3 Å². The van der Waals surface area contributed by atoms with E-state index in [9.17, 15) is 4.79 Å². The van der Waals surface area contributed by atoms with Gasteiger partial charge in [0.05, 0.1) is 6.10 Å². The van der Waals surface area contributed by atoms with Crippen molar-refractivity contribution < 1.29 is 9.53 Å². The third kappa shape index (κ3) is 4.38. The average Bonchev–Trinajstić information content (AvgIpc) is 3.05. The number of likely N-dealkylation sites (tertiary alicyclic amines) is 2. The second-order valence-electron chi connectivity index (χ2n) is 7.11. The summed E-state index contributed by atoms with van der Waals surface area (Å²) in [7, 11) is 1.82. The zero-order valence-electron chi connectivity index (χ0n) is 15.0. The van der Waals surface area contributed by atoms with Gasteiger partial charge < -0.3 is 14.5 Å². The molecule has 0 aromatic carbocycles. The van der Waals surface area contributed by atoms with E-state index in [1.807, 2.05) is 7.11 Å². The van der Waals surface area contributed by atoms with Crippen LogP contribution in [0.1, 0.15) is 42.5 Å². The highest BCUT2D eigenvalue weighted by Crippen LogP contribution is 2.23. The van der Waals surface area contributed by atoms with Gasteiger partial charge in [0.1, 0.15) is 0 Å². The predicted octanol–water partition coefficient (Wildman–Crippen LogP) is 3.09. The Balaban J connectivity index is 1.40. The summed E-state index contributed by atoms with van der Waals surface area (Å²) in [5.74, 6) is 0.333.